The molecule has 0 saturated carbocycles. The topological polar surface area (TPSA) is 79.3 Å². The fraction of sp³-hybridized carbons (Fsp3) is 0.704. The van der Waals surface area contributed by atoms with Crippen molar-refractivity contribution in [3.8, 4) is 11.5 Å². The van der Waals surface area contributed by atoms with E-state index in [1.54, 1.807) is 0 Å². The van der Waals surface area contributed by atoms with Gasteiger partial charge >= 0.3 is 5.97 Å². The van der Waals surface area contributed by atoms with Crippen molar-refractivity contribution in [1.82, 2.24) is 9.80 Å². The summed E-state index contributed by atoms with van der Waals surface area (Å²) in [5.41, 5.74) is 0.939. The molecule has 2 aliphatic heterocycles. The Morgan fingerprint density at radius 1 is 1.12 bits per heavy atom. The smallest absolute Gasteiger partial charge is 0.308 e. The van der Waals surface area contributed by atoms with Gasteiger partial charge in [0.05, 0.1) is 12.5 Å². The molecular weight excluding hydrogens is 432 g/mol. The largest absolute Gasteiger partial charge is 0.481 e. The van der Waals surface area contributed by atoms with Gasteiger partial charge < -0.3 is 19.5 Å². The lowest BCUT2D eigenvalue weighted by molar-refractivity contribution is -0.144. The minimum atomic E-state index is -0.792. The number of fused-ring (bicyclic) bond motifs is 1. The molecule has 1 aromatic carbocycles. The first-order valence-electron chi connectivity index (χ1n) is 13.0. The van der Waals surface area contributed by atoms with E-state index < -0.39 is 11.9 Å². The molecule has 1 N–H and O–H groups in total. The summed E-state index contributed by atoms with van der Waals surface area (Å²) >= 11 is 0. The second kappa shape index (κ2) is 12.4. The van der Waals surface area contributed by atoms with Gasteiger partial charge in [-0.05, 0) is 42.9 Å². The van der Waals surface area contributed by atoms with Crippen molar-refractivity contribution in [2.24, 2.45) is 11.8 Å². The van der Waals surface area contributed by atoms with E-state index in [0.29, 0.717) is 24.0 Å². The summed E-state index contributed by atoms with van der Waals surface area (Å²) < 4.78 is 11.0. The van der Waals surface area contributed by atoms with Gasteiger partial charge in [-0.3, -0.25) is 14.5 Å². The molecule has 190 valence electrons. The maximum absolute atomic E-state index is 13.4. The lowest BCUT2D eigenvalue weighted by Crippen LogP contribution is -2.45. The van der Waals surface area contributed by atoms with Crippen LogP contribution in [-0.2, 0) is 9.59 Å². The molecule has 0 aromatic heterocycles. The average Bonchev–Trinajstić information content (AvgIpc) is 3.43. The minimum absolute atomic E-state index is 0.117. The first-order valence-corrected chi connectivity index (χ1v) is 13.0. The molecule has 7 nitrogen and oxygen atoms in total. The number of benzene rings is 1. The van der Waals surface area contributed by atoms with E-state index in [-0.39, 0.29) is 31.2 Å². The number of carboxylic acids is 1. The zero-order valence-corrected chi connectivity index (χ0v) is 21.3. The predicted molar refractivity (Wildman–Crippen MR) is 132 cm³/mol. The molecule has 34 heavy (non-hydrogen) atoms. The maximum atomic E-state index is 13.4. The number of unbranched alkanes of at least 4 members (excludes halogenated alkanes) is 2. The molecule has 3 rings (SSSR count). The Labute approximate surface area is 204 Å². The van der Waals surface area contributed by atoms with E-state index in [0.717, 1.165) is 57.2 Å². The summed E-state index contributed by atoms with van der Waals surface area (Å²) in [6.07, 6.45) is 5.82. The van der Waals surface area contributed by atoms with Gasteiger partial charge in [0.1, 0.15) is 0 Å². The van der Waals surface area contributed by atoms with Crippen molar-refractivity contribution < 1.29 is 24.2 Å². The highest BCUT2D eigenvalue weighted by molar-refractivity contribution is 5.79. The van der Waals surface area contributed by atoms with Gasteiger partial charge in [-0.15, -0.1) is 0 Å². The van der Waals surface area contributed by atoms with Crippen LogP contribution in [0, 0.1) is 11.8 Å². The van der Waals surface area contributed by atoms with Crippen molar-refractivity contribution in [1.29, 1.82) is 0 Å². The Hall–Kier alpha value is -2.28. The quantitative estimate of drug-likeness (QED) is 0.445. The second-order valence-corrected chi connectivity index (χ2v) is 9.92. The molecule has 1 saturated heterocycles. The van der Waals surface area contributed by atoms with Crippen LogP contribution in [-0.4, -0.2) is 65.8 Å². The third-order valence-corrected chi connectivity index (χ3v) is 7.45. The fourth-order valence-electron chi connectivity index (χ4n) is 5.18. The summed E-state index contributed by atoms with van der Waals surface area (Å²) in [5, 5.41) is 10.3. The molecule has 1 aromatic rings. The molecule has 2 heterocycles. The van der Waals surface area contributed by atoms with Crippen molar-refractivity contribution in [3.63, 3.8) is 0 Å². The monoisotopic (exact) mass is 474 g/mol. The highest BCUT2D eigenvalue weighted by Crippen LogP contribution is 2.43. The van der Waals surface area contributed by atoms with Crippen LogP contribution >= 0.6 is 0 Å². The van der Waals surface area contributed by atoms with Gasteiger partial charge in [-0.1, -0.05) is 53.0 Å². The van der Waals surface area contributed by atoms with E-state index in [4.69, 9.17) is 9.47 Å². The Kier molecular flexibility index (Phi) is 9.63. The van der Waals surface area contributed by atoms with E-state index in [9.17, 15) is 14.7 Å². The van der Waals surface area contributed by atoms with Crippen LogP contribution in [0.25, 0.3) is 0 Å². The summed E-state index contributed by atoms with van der Waals surface area (Å²) in [7, 11) is 0. The van der Waals surface area contributed by atoms with Crippen LogP contribution < -0.4 is 9.47 Å². The number of carboxylic acid groups (broad SMARTS) is 1. The van der Waals surface area contributed by atoms with Crippen LogP contribution in [0.1, 0.15) is 77.7 Å². The van der Waals surface area contributed by atoms with Crippen molar-refractivity contribution in [2.75, 3.05) is 33.0 Å². The molecule has 1 amide bonds. The van der Waals surface area contributed by atoms with Crippen LogP contribution in [0.15, 0.2) is 18.2 Å². The van der Waals surface area contributed by atoms with Gasteiger partial charge in [-0.2, -0.15) is 0 Å². The lowest BCUT2D eigenvalue weighted by Gasteiger charge is -2.31. The number of ether oxygens (including phenoxy) is 2. The number of carbonyl (C=O) groups excluding carboxylic acids is 1. The number of hydrogen-bond donors (Lipinski definition) is 1. The number of carbonyl (C=O) groups is 2. The third kappa shape index (κ3) is 6.23. The molecule has 4 unspecified atom stereocenters. The summed E-state index contributed by atoms with van der Waals surface area (Å²) in [6, 6.07) is 5.56. The maximum Gasteiger partial charge on any atom is 0.308 e. The number of nitrogens with zero attached hydrogens (tertiary/aromatic N) is 2. The molecule has 1 fully saturated rings. The number of likely N-dealkylation sites (tertiary alicyclic amines) is 1. The fourth-order valence-corrected chi connectivity index (χ4v) is 5.18. The minimum Gasteiger partial charge on any atom is -0.481 e. The number of aliphatic carboxylic acids is 1. The van der Waals surface area contributed by atoms with Crippen LogP contribution in [0.3, 0.4) is 0 Å². The first kappa shape index (κ1) is 26.3. The Morgan fingerprint density at radius 2 is 1.79 bits per heavy atom. The summed E-state index contributed by atoms with van der Waals surface area (Å²) in [5.74, 6) is 0.303. The highest BCUT2D eigenvalue weighted by Gasteiger charge is 2.47. The standard InChI is InChI=1S/C27H42N2O5/c1-5-8-12-28(13-9-6-2)25(30)17-29-16-21(20-10-11-23-24(15-20)34-18-33-23)26(27(31)32)22(29)14-19(4)7-3/h10-11,15,19,21-22,26H,5-9,12-14,16-18H2,1-4H3,(H,31,32). The predicted octanol–water partition coefficient (Wildman–Crippen LogP) is 4.75. The Bertz CT molecular complexity index is 821. The number of rotatable bonds is 13. The number of hydrogen-bond acceptors (Lipinski definition) is 5. The lowest BCUT2D eigenvalue weighted by atomic mass is 9.82. The molecule has 4 atom stereocenters. The SMILES string of the molecule is CCCCN(CCCC)C(=O)CN1CC(c2ccc3c(c2)OCO3)C(C(=O)O)C1CC(C)CC. The first-order chi connectivity index (χ1) is 16.4. The van der Waals surface area contributed by atoms with E-state index in [1.165, 1.54) is 0 Å². The number of amides is 1. The van der Waals surface area contributed by atoms with Gasteiger partial charge in [0.25, 0.3) is 0 Å². The highest BCUT2D eigenvalue weighted by atomic mass is 16.7. The van der Waals surface area contributed by atoms with Crippen molar-refractivity contribution in [3.05, 3.63) is 23.8 Å². The Balaban J connectivity index is 1.86. The van der Waals surface area contributed by atoms with E-state index >= 15 is 0 Å². The van der Waals surface area contributed by atoms with Gasteiger partial charge in [0, 0.05) is 31.6 Å². The third-order valence-electron chi connectivity index (χ3n) is 7.45. The molecule has 0 spiro atoms. The zero-order chi connectivity index (χ0) is 24.7. The van der Waals surface area contributed by atoms with Gasteiger partial charge in [0.2, 0.25) is 12.7 Å². The second-order valence-electron chi connectivity index (χ2n) is 9.92. The van der Waals surface area contributed by atoms with E-state index in [2.05, 4.69) is 32.6 Å². The van der Waals surface area contributed by atoms with E-state index in [1.807, 2.05) is 23.1 Å². The molecule has 7 heteroatoms. The Morgan fingerprint density at radius 3 is 2.41 bits per heavy atom. The van der Waals surface area contributed by atoms with Crippen LogP contribution in [0.4, 0.5) is 0 Å². The van der Waals surface area contributed by atoms with Crippen molar-refractivity contribution in [2.45, 2.75) is 78.2 Å². The van der Waals surface area contributed by atoms with Gasteiger partial charge in [0.15, 0.2) is 11.5 Å². The van der Waals surface area contributed by atoms with Crippen LogP contribution in [0.5, 0.6) is 11.5 Å². The average molecular weight is 475 g/mol. The molecule has 2 aliphatic rings. The van der Waals surface area contributed by atoms with Crippen molar-refractivity contribution >= 4 is 11.9 Å². The zero-order valence-electron chi connectivity index (χ0n) is 21.3. The molecular formula is C27H42N2O5. The molecule has 0 radical (unpaired) electrons. The molecule has 0 aliphatic carbocycles. The summed E-state index contributed by atoms with van der Waals surface area (Å²) in [4.78, 5) is 30.1. The van der Waals surface area contributed by atoms with Crippen LogP contribution in [0.2, 0.25) is 0 Å². The molecule has 0 bridgehead atoms. The normalized spacial score (nSPS) is 22.6. The van der Waals surface area contributed by atoms with Gasteiger partial charge in [-0.25, -0.2) is 0 Å². The summed E-state index contributed by atoms with van der Waals surface area (Å²) in [6.45, 7) is 11.1.